The second-order valence-electron chi connectivity index (χ2n) is 7.33. The van der Waals surface area contributed by atoms with E-state index in [0.717, 1.165) is 12.8 Å². The topological polar surface area (TPSA) is 46.5 Å². The van der Waals surface area contributed by atoms with E-state index in [9.17, 15) is 4.79 Å². The first kappa shape index (κ1) is 22.5. The van der Waals surface area contributed by atoms with Crippen molar-refractivity contribution >= 4 is 6.16 Å². The van der Waals surface area contributed by atoms with Crippen LogP contribution < -0.4 is 0 Å². The van der Waals surface area contributed by atoms with Gasteiger partial charge in [0, 0.05) is 0 Å². The molecule has 1 atom stereocenters. The Morgan fingerprint density at radius 3 is 1.96 bits per heavy atom. The summed E-state index contributed by atoms with van der Waals surface area (Å²) in [6, 6.07) is 11.0. The number of carbonyl (C=O) groups is 1. The van der Waals surface area contributed by atoms with Crippen LogP contribution in [-0.2, 0) is 4.74 Å². The summed E-state index contributed by atoms with van der Waals surface area (Å²) in [7, 11) is 0. The van der Waals surface area contributed by atoms with Crippen molar-refractivity contribution in [3.05, 3.63) is 35.9 Å². The Balaban J connectivity index is 2.20. The molecule has 3 nitrogen and oxygen atoms in total. The highest BCUT2D eigenvalue weighted by Crippen LogP contribution is 2.28. The average molecular weight is 363 g/mol. The fourth-order valence-electron chi connectivity index (χ4n) is 3.56. The average Bonchev–Trinajstić information content (AvgIpc) is 2.65. The zero-order valence-corrected chi connectivity index (χ0v) is 16.6. The summed E-state index contributed by atoms with van der Waals surface area (Å²) in [6.07, 6.45) is 15.1. The molecular weight excluding hydrogens is 324 g/mol. The molecule has 0 saturated heterocycles. The molecule has 0 fully saturated rings. The SMILES string of the molecule is CCCCCCCCC(CCCCCCCOC(=O)O)c1ccccc1. The van der Waals surface area contributed by atoms with Crippen LogP contribution in [0, 0.1) is 0 Å². The lowest BCUT2D eigenvalue weighted by molar-refractivity contribution is 0.0899. The number of carboxylic acid groups (broad SMARTS) is 1. The van der Waals surface area contributed by atoms with E-state index in [0.29, 0.717) is 12.5 Å². The second-order valence-corrected chi connectivity index (χ2v) is 7.33. The van der Waals surface area contributed by atoms with Crippen LogP contribution in [0.4, 0.5) is 4.79 Å². The molecule has 0 radical (unpaired) electrons. The normalized spacial score (nSPS) is 12.0. The third kappa shape index (κ3) is 11.9. The van der Waals surface area contributed by atoms with Crippen molar-refractivity contribution in [2.45, 2.75) is 96.3 Å². The summed E-state index contributed by atoms with van der Waals surface area (Å²) in [5, 5.41) is 8.43. The first-order valence-electron chi connectivity index (χ1n) is 10.6. The molecule has 0 spiro atoms. The second kappa shape index (κ2) is 15.7. The first-order chi connectivity index (χ1) is 12.7. The predicted molar refractivity (Wildman–Crippen MR) is 109 cm³/mol. The molecule has 0 aliphatic rings. The Bertz CT molecular complexity index is 444. The van der Waals surface area contributed by atoms with Crippen LogP contribution in [0.25, 0.3) is 0 Å². The van der Waals surface area contributed by atoms with Crippen molar-refractivity contribution < 1.29 is 14.6 Å². The lowest BCUT2D eigenvalue weighted by atomic mass is 9.88. The van der Waals surface area contributed by atoms with Gasteiger partial charge in [-0.1, -0.05) is 101 Å². The van der Waals surface area contributed by atoms with Crippen LogP contribution in [0.1, 0.15) is 102 Å². The summed E-state index contributed by atoms with van der Waals surface area (Å²) in [5.41, 5.74) is 1.50. The molecule has 0 aliphatic carbocycles. The van der Waals surface area contributed by atoms with Crippen LogP contribution in [0.15, 0.2) is 30.3 Å². The van der Waals surface area contributed by atoms with Crippen molar-refractivity contribution in [1.29, 1.82) is 0 Å². The quantitative estimate of drug-likeness (QED) is 0.244. The van der Waals surface area contributed by atoms with Gasteiger partial charge in [-0.15, -0.1) is 0 Å². The van der Waals surface area contributed by atoms with E-state index < -0.39 is 6.16 Å². The summed E-state index contributed by atoms with van der Waals surface area (Å²) in [6.45, 7) is 2.60. The summed E-state index contributed by atoms with van der Waals surface area (Å²) >= 11 is 0. The zero-order valence-electron chi connectivity index (χ0n) is 16.6. The molecule has 1 aromatic rings. The van der Waals surface area contributed by atoms with E-state index in [1.54, 1.807) is 0 Å². The van der Waals surface area contributed by atoms with Crippen LogP contribution >= 0.6 is 0 Å². The maximum atomic E-state index is 10.3. The molecule has 1 aromatic carbocycles. The molecule has 0 heterocycles. The lowest BCUT2D eigenvalue weighted by Gasteiger charge is -2.17. The van der Waals surface area contributed by atoms with Crippen LogP contribution in [0.5, 0.6) is 0 Å². The van der Waals surface area contributed by atoms with Crippen molar-refractivity contribution in [1.82, 2.24) is 0 Å². The van der Waals surface area contributed by atoms with Gasteiger partial charge in [0.2, 0.25) is 0 Å². The molecule has 148 valence electrons. The highest BCUT2D eigenvalue weighted by Gasteiger charge is 2.10. The van der Waals surface area contributed by atoms with Gasteiger partial charge in [-0.2, -0.15) is 0 Å². The van der Waals surface area contributed by atoms with Gasteiger partial charge in [0.25, 0.3) is 0 Å². The Kier molecular flexibility index (Phi) is 13.6. The molecule has 0 saturated carbocycles. The van der Waals surface area contributed by atoms with Crippen molar-refractivity contribution in [2.75, 3.05) is 6.61 Å². The molecular formula is C23H38O3. The molecule has 0 aliphatic heterocycles. The van der Waals surface area contributed by atoms with E-state index >= 15 is 0 Å². The van der Waals surface area contributed by atoms with Crippen LogP contribution in [-0.4, -0.2) is 17.9 Å². The lowest BCUT2D eigenvalue weighted by Crippen LogP contribution is -2.01. The molecule has 1 rings (SSSR count). The molecule has 0 aromatic heterocycles. The third-order valence-corrected chi connectivity index (χ3v) is 5.10. The molecule has 26 heavy (non-hydrogen) atoms. The van der Waals surface area contributed by atoms with E-state index in [1.165, 1.54) is 76.2 Å². The fraction of sp³-hybridized carbons (Fsp3) is 0.696. The minimum absolute atomic E-state index is 0.333. The minimum atomic E-state index is -1.16. The number of unbranched alkanes of at least 4 members (excludes halogenated alkanes) is 9. The number of ether oxygens (including phenoxy) is 1. The van der Waals surface area contributed by atoms with E-state index in [2.05, 4.69) is 42.0 Å². The maximum Gasteiger partial charge on any atom is 0.505 e. The standard InChI is InChI=1S/C23H38O3/c1-2-3-4-5-7-11-16-21(22-18-13-10-14-19-22)17-12-8-6-9-15-20-26-23(24)25/h10,13-14,18-19,21H,2-9,11-12,15-17,20H2,1H3,(H,24,25). The monoisotopic (exact) mass is 362 g/mol. The fourth-order valence-corrected chi connectivity index (χ4v) is 3.56. The maximum absolute atomic E-state index is 10.3. The Hall–Kier alpha value is -1.51. The van der Waals surface area contributed by atoms with E-state index in [4.69, 9.17) is 5.11 Å². The molecule has 0 bridgehead atoms. The summed E-state index contributed by atoms with van der Waals surface area (Å²) in [4.78, 5) is 10.3. The largest absolute Gasteiger partial charge is 0.505 e. The van der Waals surface area contributed by atoms with Gasteiger partial charge in [0.05, 0.1) is 6.61 Å². The summed E-state index contributed by atoms with van der Waals surface area (Å²) in [5.74, 6) is 0.692. The van der Waals surface area contributed by atoms with Gasteiger partial charge in [0.1, 0.15) is 0 Å². The van der Waals surface area contributed by atoms with Gasteiger partial charge in [0.15, 0.2) is 0 Å². The first-order valence-corrected chi connectivity index (χ1v) is 10.6. The number of benzene rings is 1. The van der Waals surface area contributed by atoms with Crippen LogP contribution in [0.3, 0.4) is 0 Å². The van der Waals surface area contributed by atoms with Gasteiger partial charge < -0.3 is 9.84 Å². The zero-order chi connectivity index (χ0) is 18.9. The highest BCUT2D eigenvalue weighted by molar-refractivity contribution is 5.56. The molecule has 3 heteroatoms. The minimum Gasteiger partial charge on any atom is -0.450 e. The van der Waals surface area contributed by atoms with Crippen LogP contribution in [0.2, 0.25) is 0 Å². The van der Waals surface area contributed by atoms with Gasteiger partial charge in [-0.05, 0) is 30.7 Å². The van der Waals surface area contributed by atoms with Crippen molar-refractivity contribution in [3.8, 4) is 0 Å². The third-order valence-electron chi connectivity index (χ3n) is 5.10. The Labute approximate surface area is 160 Å². The predicted octanol–water partition coefficient (Wildman–Crippen LogP) is 7.56. The molecule has 0 amide bonds. The highest BCUT2D eigenvalue weighted by atomic mass is 16.7. The van der Waals surface area contributed by atoms with E-state index in [-0.39, 0.29) is 0 Å². The molecule has 1 N–H and O–H groups in total. The van der Waals surface area contributed by atoms with Gasteiger partial charge in [-0.3, -0.25) is 0 Å². The molecule has 1 unspecified atom stereocenters. The summed E-state index contributed by atoms with van der Waals surface area (Å²) < 4.78 is 4.54. The van der Waals surface area contributed by atoms with Gasteiger partial charge in [-0.25, -0.2) is 4.79 Å². The van der Waals surface area contributed by atoms with E-state index in [1.807, 2.05) is 0 Å². The Morgan fingerprint density at radius 1 is 0.846 bits per heavy atom. The number of rotatable bonds is 16. The smallest absolute Gasteiger partial charge is 0.450 e. The van der Waals surface area contributed by atoms with Gasteiger partial charge >= 0.3 is 6.16 Å². The van der Waals surface area contributed by atoms with Crippen molar-refractivity contribution in [2.24, 2.45) is 0 Å². The van der Waals surface area contributed by atoms with Crippen molar-refractivity contribution in [3.63, 3.8) is 0 Å². The number of hydrogen-bond acceptors (Lipinski definition) is 2. The Morgan fingerprint density at radius 2 is 1.38 bits per heavy atom. The number of hydrogen-bond donors (Lipinski definition) is 1.